The highest BCUT2D eigenvalue weighted by Gasteiger charge is 2.24. The zero-order chi connectivity index (χ0) is 17.1. The average molecular weight is 360 g/mol. The summed E-state index contributed by atoms with van der Waals surface area (Å²) in [6.45, 7) is 1.31. The number of thioether (sulfide) groups is 1. The maximum Gasteiger partial charge on any atom is 0.241 e. The number of benzene rings is 1. The molecule has 0 saturated carbocycles. The summed E-state index contributed by atoms with van der Waals surface area (Å²) in [6.07, 6.45) is 3.17. The minimum Gasteiger partial charge on any atom is -0.355 e. The standard InChI is InChI=1S/C15H25N3O3S2/c1-16-10-6-11-17-15(19)14(9-12-22-2)18-23(20,21)13-7-4-3-5-8-13/h3-5,7-8,14,16,18H,6,9-12H2,1-2H3,(H,17,19). The molecule has 0 aromatic heterocycles. The Hall–Kier alpha value is -1.09. The summed E-state index contributed by atoms with van der Waals surface area (Å²) in [6, 6.07) is 7.32. The second kappa shape index (κ2) is 10.6. The number of amides is 1. The lowest BCUT2D eigenvalue weighted by Crippen LogP contribution is -2.47. The van der Waals surface area contributed by atoms with Gasteiger partial charge in [-0.15, -0.1) is 0 Å². The van der Waals surface area contributed by atoms with Gasteiger partial charge in [0, 0.05) is 6.54 Å². The summed E-state index contributed by atoms with van der Waals surface area (Å²) in [5.74, 6) is 0.418. The first kappa shape index (κ1) is 20.0. The fourth-order valence-electron chi connectivity index (χ4n) is 1.93. The van der Waals surface area contributed by atoms with Crippen LogP contribution < -0.4 is 15.4 Å². The van der Waals surface area contributed by atoms with Crippen molar-refractivity contribution in [2.24, 2.45) is 0 Å². The van der Waals surface area contributed by atoms with E-state index in [2.05, 4.69) is 15.4 Å². The van der Waals surface area contributed by atoms with Crippen LogP contribution in [-0.2, 0) is 14.8 Å². The molecule has 130 valence electrons. The van der Waals surface area contributed by atoms with E-state index in [1.165, 1.54) is 12.1 Å². The maximum absolute atomic E-state index is 12.4. The predicted octanol–water partition coefficient (Wildman–Crippen LogP) is 0.812. The van der Waals surface area contributed by atoms with E-state index in [-0.39, 0.29) is 10.8 Å². The lowest BCUT2D eigenvalue weighted by Gasteiger charge is -2.18. The maximum atomic E-state index is 12.4. The second-order valence-electron chi connectivity index (χ2n) is 5.02. The molecule has 0 spiro atoms. The van der Waals surface area contributed by atoms with Crippen LogP contribution in [0.5, 0.6) is 0 Å². The van der Waals surface area contributed by atoms with Crippen LogP contribution in [-0.4, -0.2) is 52.5 Å². The van der Waals surface area contributed by atoms with Gasteiger partial charge in [0.1, 0.15) is 6.04 Å². The Morgan fingerprint density at radius 1 is 1.22 bits per heavy atom. The molecule has 0 heterocycles. The summed E-state index contributed by atoms with van der Waals surface area (Å²) < 4.78 is 27.3. The minimum absolute atomic E-state index is 0.164. The molecule has 6 nitrogen and oxygen atoms in total. The third kappa shape index (κ3) is 7.34. The lowest BCUT2D eigenvalue weighted by atomic mass is 10.2. The molecule has 0 aliphatic heterocycles. The first-order valence-corrected chi connectivity index (χ1v) is 10.4. The van der Waals surface area contributed by atoms with Gasteiger partial charge in [0.2, 0.25) is 15.9 Å². The van der Waals surface area contributed by atoms with Crippen molar-refractivity contribution in [2.45, 2.75) is 23.8 Å². The lowest BCUT2D eigenvalue weighted by molar-refractivity contribution is -0.122. The summed E-state index contributed by atoms with van der Waals surface area (Å²) in [5.41, 5.74) is 0. The number of rotatable bonds is 11. The van der Waals surface area contributed by atoms with Crippen molar-refractivity contribution in [3.05, 3.63) is 30.3 Å². The van der Waals surface area contributed by atoms with Crippen molar-refractivity contribution < 1.29 is 13.2 Å². The zero-order valence-corrected chi connectivity index (χ0v) is 15.2. The second-order valence-corrected chi connectivity index (χ2v) is 7.72. The molecular formula is C15H25N3O3S2. The van der Waals surface area contributed by atoms with Crippen LogP contribution in [0.15, 0.2) is 35.2 Å². The Kier molecular flexibility index (Phi) is 9.23. The molecule has 1 amide bonds. The van der Waals surface area contributed by atoms with Crippen LogP contribution in [0.2, 0.25) is 0 Å². The summed E-state index contributed by atoms with van der Waals surface area (Å²) in [5, 5.41) is 5.78. The van der Waals surface area contributed by atoms with Crippen molar-refractivity contribution in [3.63, 3.8) is 0 Å². The Morgan fingerprint density at radius 2 is 1.91 bits per heavy atom. The molecule has 1 aromatic carbocycles. The SMILES string of the molecule is CNCCCNC(=O)C(CCSC)NS(=O)(=O)c1ccccc1. The molecule has 0 bridgehead atoms. The number of hydrogen-bond acceptors (Lipinski definition) is 5. The summed E-state index contributed by atoms with van der Waals surface area (Å²) >= 11 is 1.58. The smallest absolute Gasteiger partial charge is 0.241 e. The largest absolute Gasteiger partial charge is 0.355 e. The Labute approximate surface area is 142 Å². The third-order valence-corrected chi connectivity index (χ3v) is 5.31. The first-order valence-electron chi connectivity index (χ1n) is 7.50. The normalized spacial score (nSPS) is 12.8. The molecule has 1 rings (SSSR count). The van der Waals surface area contributed by atoms with Gasteiger partial charge in [0.05, 0.1) is 4.90 Å². The molecular weight excluding hydrogens is 334 g/mol. The van der Waals surface area contributed by atoms with E-state index in [4.69, 9.17) is 0 Å². The van der Waals surface area contributed by atoms with E-state index in [0.717, 1.165) is 13.0 Å². The minimum atomic E-state index is -3.70. The van der Waals surface area contributed by atoms with Crippen LogP contribution >= 0.6 is 11.8 Å². The first-order chi connectivity index (χ1) is 11.0. The van der Waals surface area contributed by atoms with Gasteiger partial charge in [-0.3, -0.25) is 4.79 Å². The Morgan fingerprint density at radius 3 is 2.52 bits per heavy atom. The zero-order valence-electron chi connectivity index (χ0n) is 13.5. The highest BCUT2D eigenvalue weighted by molar-refractivity contribution is 7.98. The molecule has 3 N–H and O–H groups in total. The molecule has 0 fully saturated rings. The molecule has 1 aromatic rings. The number of sulfonamides is 1. The number of carbonyl (C=O) groups is 1. The molecule has 0 aliphatic rings. The van der Waals surface area contributed by atoms with Crippen LogP contribution in [0.1, 0.15) is 12.8 Å². The molecule has 0 saturated heterocycles. The fraction of sp³-hybridized carbons (Fsp3) is 0.533. The topological polar surface area (TPSA) is 87.3 Å². The van der Waals surface area contributed by atoms with Crippen molar-refractivity contribution >= 4 is 27.7 Å². The van der Waals surface area contributed by atoms with Gasteiger partial charge in [-0.25, -0.2) is 8.42 Å². The molecule has 8 heteroatoms. The van der Waals surface area contributed by atoms with Crippen LogP contribution in [0.25, 0.3) is 0 Å². The third-order valence-electron chi connectivity index (χ3n) is 3.18. The van der Waals surface area contributed by atoms with E-state index in [1.807, 2.05) is 13.3 Å². The highest BCUT2D eigenvalue weighted by atomic mass is 32.2. The van der Waals surface area contributed by atoms with Crippen molar-refractivity contribution in [2.75, 3.05) is 32.1 Å². The van der Waals surface area contributed by atoms with E-state index < -0.39 is 16.1 Å². The van der Waals surface area contributed by atoms with Crippen LogP contribution in [0.4, 0.5) is 0 Å². The van der Waals surface area contributed by atoms with Crippen LogP contribution in [0, 0.1) is 0 Å². The monoisotopic (exact) mass is 359 g/mol. The molecule has 23 heavy (non-hydrogen) atoms. The Balaban J connectivity index is 2.71. The fourth-order valence-corrected chi connectivity index (χ4v) is 3.66. The molecule has 0 radical (unpaired) electrons. The van der Waals surface area contributed by atoms with E-state index in [9.17, 15) is 13.2 Å². The van der Waals surface area contributed by atoms with Gasteiger partial charge in [-0.2, -0.15) is 16.5 Å². The van der Waals surface area contributed by atoms with E-state index >= 15 is 0 Å². The number of carbonyl (C=O) groups excluding carboxylic acids is 1. The highest BCUT2D eigenvalue weighted by Crippen LogP contribution is 2.10. The average Bonchev–Trinajstić information content (AvgIpc) is 2.56. The predicted molar refractivity (Wildman–Crippen MR) is 95.1 cm³/mol. The van der Waals surface area contributed by atoms with Crippen molar-refractivity contribution in [1.82, 2.24) is 15.4 Å². The molecule has 1 atom stereocenters. The van der Waals surface area contributed by atoms with Gasteiger partial charge in [0.15, 0.2) is 0 Å². The van der Waals surface area contributed by atoms with Gasteiger partial charge < -0.3 is 10.6 Å². The van der Waals surface area contributed by atoms with E-state index in [1.54, 1.807) is 30.0 Å². The number of hydrogen-bond donors (Lipinski definition) is 3. The summed E-state index contributed by atoms with van der Waals surface area (Å²) in [7, 11) is -1.86. The molecule has 1 unspecified atom stereocenters. The van der Waals surface area contributed by atoms with Gasteiger partial charge in [-0.05, 0) is 50.6 Å². The van der Waals surface area contributed by atoms with Gasteiger partial charge in [0.25, 0.3) is 0 Å². The van der Waals surface area contributed by atoms with Crippen molar-refractivity contribution in [1.29, 1.82) is 0 Å². The quantitative estimate of drug-likeness (QED) is 0.509. The van der Waals surface area contributed by atoms with Gasteiger partial charge >= 0.3 is 0 Å². The molecule has 0 aliphatic carbocycles. The Bertz CT molecular complexity index is 565. The van der Waals surface area contributed by atoms with E-state index in [0.29, 0.717) is 18.7 Å². The summed E-state index contributed by atoms with van der Waals surface area (Å²) in [4.78, 5) is 12.4. The number of nitrogens with one attached hydrogen (secondary N) is 3. The van der Waals surface area contributed by atoms with Crippen LogP contribution in [0.3, 0.4) is 0 Å². The van der Waals surface area contributed by atoms with Gasteiger partial charge in [-0.1, -0.05) is 18.2 Å². The van der Waals surface area contributed by atoms with Crippen molar-refractivity contribution in [3.8, 4) is 0 Å².